The summed E-state index contributed by atoms with van der Waals surface area (Å²) in [4.78, 5) is 38.4. The van der Waals surface area contributed by atoms with Gasteiger partial charge in [-0.2, -0.15) is 0 Å². The fraction of sp³-hybridized carbons (Fsp3) is 0.100. The third-order valence-corrected chi connectivity index (χ3v) is 4.15. The number of aromatic amines is 2. The van der Waals surface area contributed by atoms with Crippen LogP contribution in [0, 0.1) is 24.0 Å². The van der Waals surface area contributed by atoms with E-state index in [1.165, 1.54) is 6.92 Å². The van der Waals surface area contributed by atoms with Crippen molar-refractivity contribution in [2.45, 2.75) is 13.8 Å². The van der Waals surface area contributed by atoms with E-state index in [0.717, 1.165) is 16.5 Å². The molecular weight excluding hydrogens is 346 g/mol. The number of benzene rings is 2. The minimum Gasteiger partial charge on any atom is -0.326 e. The molecule has 0 saturated carbocycles. The average molecular weight is 363 g/mol. The van der Waals surface area contributed by atoms with Gasteiger partial charge in [0.15, 0.2) is 0 Å². The molecule has 4 aromatic rings. The van der Waals surface area contributed by atoms with E-state index in [1.807, 2.05) is 37.3 Å². The highest BCUT2D eigenvalue weighted by molar-refractivity contribution is 5.90. The highest BCUT2D eigenvalue weighted by Gasteiger charge is 2.17. The lowest BCUT2D eigenvalue weighted by atomic mass is 10.1. The fourth-order valence-electron chi connectivity index (χ4n) is 2.97. The molecule has 7 heteroatoms. The van der Waals surface area contributed by atoms with Crippen molar-refractivity contribution >= 4 is 27.2 Å². The highest BCUT2D eigenvalue weighted by atomic mass is 16.6. The van der Waals surface area contributed by atoms with Gasteiger partial charge in [0.2, 0.25) is 0 Å². The zero-order valence-corrected chi connectivity index (χ0v) is 14.8. The van der Waals surface area contributed by atoms with Gasteiger partial charge in [-0.15, -0.1) is 0 Å². The molecule has 0 aliphatic heterocycles. The summed E-state index contributed by atoms with van der Waals surface area (Å²) < 4.78 is 0. The topological polar surface area (TPSA) is 109 Å². The molecule has 0 amide bonds. The van der Waals surface area contributed by atoms with Gasteiger partial charge in [-0.25, -0.2) is 0 Å². The number of aromatic nitrogens is 2. The maximum absolute atomic E-state index is 11.5. The lowest BCUT2D eigenvalue weighted by molar-refractivity contribution is -0.383. The number of H-pyrrole nitrogens is 2. The van der Waals surface area contributed by atoms with E-state index in [9.17, 15) is 19.7 Å². The molecule has 0 aliphatic rings. The van der Waals surface area contributed by atoms with Crippen molar-refractivity contribution in [1.29, 1.82) is 0 Å². The molecule has 2 N–H and O–H groups in total. The van der Waals surface area contributed by atoms with Gasteiger partial charge in [-0.3, -0.25) is 19.7 Å². The second-order valence-corrected chi connectivity index (χ2v) is 6.10. The molecule has 2 heterocycles. The van der Waals surface area contributed by atoms with E-state index in [2.05, 4.69) is 9.97 Å². The standard InChI is InChI=1S/C10H8N2O3.C10H9NO/c1-6-9(12(14)15)7-4-2-3-5-8(7)10(13)11-6;1-7-6-8-4-2-3-5-9(8)10(12)11-7/h2-5H,1H3,(H,11,13);2-6H,1H3,(H,11,12). The van der Waals surface area contributed by atoms with Crippen molar-refractivity contribution in [1.82, 2.24) is 9.97 Å². The van der Waals surface area contributed by atoms with Gasteiger partial charge in [-0.05, 0) is 43.5 Å². The zero-order valence-electron chi connectivity index (χ0n) is 14.8. The van der Waals surface area contributed by atoms with Gasteiger partial charge in [0, 0.05) is 11.1 Å². The predicted molar refractivity (Wildman–Crippen MR) is 105 cm³/mol. The molecule has 27 heavy (non-hydrogen) atoms. The Morgan fingerprint density at radius 1 is 0.815 bits per heavy atom. The fourth-order valence-corrected chi connectivity index (χ4v) is 2.97. The average Bonchev–Trinajstić information content (AvgIpc) is 2.62. The highest BCUT2D eigenvalue weighted by Crippen LogP contribution is 2.24. The minimum atomic E-state index is -0.479. The molecule has 7 nitrogen and oxygen atoms in total. The molecule has 0 unspecified atom stereocenters. The first kappa shape index (κ1) is 18.1. The monoisotopic (exact) mass is 363 g/mol. The molecule has 0 atom stereocenters. The molecule has 0 bridgehead atoms. The van der Waals surface area contributed by atoms with Crippen LogP contribution < -0.4 is 11.1 Å². The van der Waals surface area contributed by atoms with Crippen molar-refractivity contribution in [2.24, 2.45) is 0 Å². The summed E-state index contributed by atoms with van der Waals surface area (Å²) in [5, 5.41) is 13.3. The molecule has 0 fully saturated rings. The van der Waals surface area contributed by atoms with Crippen LogP contribution in [-0.2, 0) is 0 Å². The molecule has 0 spiro atoms. The number of rotatable bonds is 1. The Morgan fingerprint density at radius 2 is 1.37 bits per heavy atom. The first-order valence-electron chi connectivity index (χ1n) is 8.23. The summed E-state index contributed by atoms with van der Waals surface area (Å²) in [6.07, 6.45) is 0. The quantitative estimate of drug-likeness (QED) is 0.398. The van der Waals surface area contributed by atoms with Gasteiger partial charge >= 0.3 is 0 Å². The van der Waals surface area contributed by atoms with Gasteiger partial charge in [0.1, 0.15) is 0 Å². The van der Waals surface area contributed by atoms with Gasteiger partial charge in [0.25, 0.3) is 16.8 Å². The SMILES string of the molecule is Cc1[nH]c(=O)c2ccccc2c1[N+](=O)[O-].Cc1cc2ccccc2c(=O)[nH]1. The molecule has 0 aliphatic carbocycles. The van der Waals surface area contributed by atoms with Crippen LogP contribution in [-0.4, -0.2) is 14.9 Å². The minimum absolute atomic E-state index is 0.00870. The summed E-state index contributed by atoms with van der Waals surface area (Å²) in [6, 6.07) is 16.0. The number of nitro groups is 1. The molecule has 0 radical (unpaired) electrons. The van der Waals surface area contributed by atoms with E-state index >= 15 is 0 Å². The number of hydrogen-bond donors (Lipinski definition) is 2. The Balaban J connectivity index is 0.000000159. The Kier molecular flexibility index (Phi) is 4.85. The Hall–Kier alpha value is -3.74. The van der Waals surface area contributed by atoms with Crippen LogP contribution in [0.25, 0.3) is 21.5 Å². The van der Waals surface area contributed by atoms with Crippen LogP contribution in [0.2, 0.25) is 0 Å². The smallest absolute Gasteiger partial charge is 0.296 e. The van der Waals surface area contributed by atoms with Crippen molar-refractivity contribution in [2.75, 3.05) is 0 Å². The van der Waals surface area contributed by atoms with Crippen LogP contribution in [0.15, 0.2) is 64.2 Å². The summed E-state index contributed by atoms with van der Waals surface area (Å²) in [7, 11) is 0. The van der Waals surface area contributed by atoms with Crippen LogP contribution in [0.1, 0.15) is 11.4 Å². The first-order valence-corrected chi connectivity index (χ1v) is 8.23. The second kappa shape index (κ2) is 7.25. The molecule has 4 rings (SSSR count). The van der Waals surface area contributed by atoms with Crippen molar-refractivity contribution in [3.8, 4) is 0 Å². The summed E-state index contributed by atoms with van der Waals surface area (Å²) >= 11 is 0. The Bertz CT molecular complexity index is 1270. The number of hydrogen-bond acceptors (Lipinski definition) is 4. The predicted octanol–water partition coefficient (Wildman–Crippen LogP) is 3.58. The maximum Gasteiger partial charge on any atom is 0.296 e. The zero-order chi connectivity index (χ0) is 19.6. The molecular formula is C20H17N3O4. The van der Waals surface area contributed by atoms with E-state index in [-0.39, 0.29) is 22.5 Å². The van der Waals surface area contributed by atoms with Crippen LogP contribution in [0.3, 0.4) is 0 Å². The van der Waals surface area contributed by atoms with E-state index in [1.54, 1.807) is 24.3 Å². The van der Waals surface area contributed by atoms with Crippen molar-refractivity contribution < 1.29 is 4.92 Å². The largest absolute Gasteiger partial charge is 0.326 e. The third kappa shape index (κ3) is 3.62. The number of fused-ring (bicyclic) bond motifs is 2. The van der Waals surface area contributed by atoms with Crippen molar-refractivity contribution in [3.63, 3.8) is 0 Å². The second-order valence-electron chi connectivity index (χ2n) is 6.10. The third-order valence-electron chi connectivity index (χ3n) is 4.15. The van der Waals surface area contributed by atoms with Crippen LogP contribution in [0.5, 0.6) is 0 Å². The van der Waals surface area contributed by atoms with Gasteiger partial charge in [0.05, 0.1) is 21.4 Å². The lowest BCUT2D eigenvalue weighted by Crippen LogP contribution is -2.10. The van der Waals surface area contributed by atoms with Gasteiger partial charge in [-0.1, -0.05) is 30.3 Å². The molecule has 136 valence electrons. The summed E-state index contributed by atoms with van der Waals surface area (Å²) in [5.41, 5.74) is 0.840. The lowest BCUT2D eigenvalue weighted by Gasteiger charge is -2.01. The van der Waals surface area contributed by atoms with E-state index < -0.39 is 4.92 Å². The number of aryl methyl sites for hydroxylation is 2. The summed E-state index contributed by atoms with van der Waals surface area (Å²) in [5.74, 6) is 0. The van der Waals surface area contributed by atoms with Gasteiger partial charge < -0.3 is 9.97 Å². The van der Waals surface area contributed by atoms with Crippen LogP contribution in [0.4, 0.5) is 5.69 Å². The Morgan fingerprint density at radius 3 is 2.04 bits per heavy atom. The number of nitrogens with one attached hydrogen (secondary N) is 2. The van der Waals surface area contributed by atoms with Crippen LogP contribution >= 0.6 is 0 Å². The van der Waals surface area contributed by atoms with Crippen molar-refractivity contribution in [3.05, 3.63) is 96.8 Å². The Labute approximate surface area is 153 Å². The number of nitrogens with zero attached hydrogens (tertiary/aromatic N) is 1. The molecule has 0 saturated heterocycles. The maximum atomic E-state index is 11.5. The first-order chi connectivity index (χ1) is 12.9. The van der Waals surface area contributed by atoms with E-state index in [4.69, 9.17) is 0 Å². The molecule has 2 aromatic carbocycles. The van der Waals surface area contributed by atoms with E-state index in [0.29, 0.717) is 10.8 Å². The molecule has 2 aromatic heterocycles. The summed E-state index contributed by atoms with van der Waals surface area (Å²) in [6.45, 7) is 3.40. The normalized spacial score (nSPS) is 10.4. The number of pyridine rings is 2.